The van der Waals surface area contributed by atoms with Crippen molar-refractivity contribution < 1.29 is 9.90 Å². The summed E-state index contributed by atoms with van der Waals surface area (Å²) < 4.78 is 1.98. The Labute approximate surface area is 189 Å². The van der Waals surface area contributed by atoms with Crippen LogP contribution in [0.25, 0.3) is 0 Å². The lowest BCUT2D eigenvalue weighted by Crippen LogP contribution is -2.40. The van der Waals surface area contributed by atoms with Crippen LogP contribution in [0.3, 0.4) is 0 Å². The molecule has 0 aliphatic carbocycles. The molecule has 8 heteroatoms. The monoisotopic (exact) mass is 451 g/mol. The number of phenols is 1. The molecule has 2 aromatic carbocycles. The summed E-state index contributed by atoms with van der Waals surface area (Å²) in [7, 11) is 1.31. The lowest BCUT2D eigenvalue weighted by Gasteiger charge is -2.13. The fraction of sp³-hybridized carbons (Fsp3) is 0.208. The molecule has 3 rings (SSSR count). The highest BCUT2D eigenvalue weighted by Crippen LogP contribution is 2.16. The summed E-state index contributed by atoms with van der Waals surface area (Å²) in [6.07, 6.45) is 0.651. The van der Waals surface area contributed by atoms with Gasteiger partial charge in [-0.15, -0.1) is 0 Å². The maximum absolute atomic E-state index is 12.5. The summed E-state index contributed by atoms with van der Waals surface area (Å²) >= 11 is 6.30. The van der Waals surface area contributed by atoms with Crippen molar-refractivity contribution in [3.05, 3.63) is 91.2 Å². The quantitative estimate of drug-likeness (QED) is 0.461. The molecule has 0 aliphatic heterocycles. The summed E-state index contributed by atoms with van der Waals surface area (Å²) in [5.74, 6) is 5.30. The first-order valence-electron chi connectivity index (χ1n) is 9.89. The number of amides is 1. The van der Waals surface area contributed by atoms with Crippen molar-refractivity contribution in [1.82, 2.24) is 9.13 Å². The van der Waals surface area contributed by atoms with Crippen LogP contribution in [-0.4, -0.2) is 20.1 Å². The number of hydrogen-bond donors (Lipinski definition) is 2. The average molecular weight is 452 g/mol. The Bertz CT molecular complexity index is 1330. The molecule has 0 spiro atoms. The van der Waals surface area contributed by atoms with Crippen molar-refractivity contribution in [2.75, 3.05) is 5.32 Å². The molecule has 1 aromatic heterocycles. The molecule has 0 bridgehead atoms. The minimum Gasteiger partial charge on any atom is -0.508 e. The molecule has 32 heavy (non-hydrogen) atoms. The van der Waals surface area contributed by atoms with Gasteiger partial charge in [-0.2, -0.15) is 0 Å². The van der Waals surface area contributed by atoms with Crippen molar-refractivity contribution >= 4 is 23.2 Å². The number of carbonyl (C=O) groups excluding carboxylic acids is 1. The molecule has 3 aromatic rings. The molecule has 0 aliphatic rings. The van der Waals surface area contributed by atoms with Crippen molar-refractivity contribution in [2.24, 2.45) is 7.05 Å². The predicted molar refractivity (Wildman–Crippen MR) is 124 cm³/mol. The second-order valence-corrected chi connectivity index (χ2v) is 7.64. The summed E-state index contributed by atoms with van der Waals surface area (Å²) in [5, 5.41) is 11.9. The Morgan fingerprint density at radius 1 is 1.16 bits per heavy atom. The largest absolute Gasteiger partial charge is 0.508 e. The van der Waals surface area contributed by atoms with Gasteiger partial charge in [0.05, 0.1) is 6.54 Å². The van der Waals surface area contributed by atoms with E-state index in [1.54, 1.807) is 12.1 Å². The minimum absolute atomic E-state index is 0.0738. The predicted octanol–water partition coefficient (Wildman–Crippen LogP) is 2.84. The molecule has 0 radical (unpaired) electrons. The van der Waals surface area contributed by atoms with Gasteiger partial charge in [-0.25, -0.2) is 4.79 Å². The van der Waals surface area contributed by atoms with Crippen LogP contribution in [0.1, 0.15) is 23.1 Å². The van der Waals surface area contributed by atoms with Gasteiger partial charge in [0.1, 0.15) is 16.6 Å². The second-order valence-electron chi connectivity index (χ2n) is 7.28. The first-order valence-corrected chi connectivity index (χ1v) is 10.3. The number of carbonyl (C=O) groups is 1. The number of aryl methyl sites for hydroxylation is 2. The van der Waals surface area contributed by atoms with Crippen molar-refractivity contribution in [2.45, 2.75) is 26.3 Å². The minimum atomic E-state index is -0.694. The Hall–Kier alpha value is -3.76. The van der Waals surface area contributed by atoms with E-state index in [2.05, 4.69) is 17.2 Å². The van der Waals surface area contributed by atoms with Crippen LogP contribution in [0.15, 0.2) is 58.1 Å². The molecule has 0 saturated carbocycles. The number of rotatable bonds is 5. The van der Waals surface area contributed by atoms with Gasteiger partial charge in [-0.1, -0.05) is 59.3 Å². The van der Waals surface area contributed by atoms with Gasteiger partial charge < -0.3 is 10.4 Å². The van der Waals surface area contributed by atoms with Crippen LogP contribution < -0.4 is 16.6 Å². The van der Waals surface area contributed by atoms with Crippen LogP contribution in [0.2, 0.25) is 5.15 Å². The van der Waals surface area contributed by atoms with Gasteiger partial charge in [-0.05, 0) is 37.1 Å². The highest BCUT2D eigenvalue weighted by atomic mass is 35.5. The van der Waals surface area contributed by atoms with Crippen LogP contribution >= 0.6 is 11.6 Å². The van der Waals surface area contributed by atoms with E-state index in [0.717, 1.165) is 20.3 Å². The van der Waals surface area contributed by atoms with Crippen LogP contribution in [-0.2, 0) is 24.8 Å². The van der Waals surface area contributed by atoms with E-state index < -0.39 is 11.2 Å². The zero-order valence-electron chi connectivity index (χ0n) is 17.7. The Morgan fingerprint density at radius 3 is 2.56 bits per heavy atom. The van der Waals surface area contributed by atoms with Crippen LogP contribution in [0, 0.1) is 18.8 Å². The van der Waals surface area contributed by atoms with E-state index in [-0.39, 0.29) is 35.5 Å². The summed E-state index contributed by atoms with van der Waals surface area (Å²) in [6, 6.07) is 14.2. The van der Waals surface area contributed by atoms with Gasteiger partial charge in [0.2, 0.25) is 5.91 Å². The van der Waals surface area contributed by atoms with Crippen molar-refractivity contribution in [3.8, 4) is 17.6 Å². The number of halogens is 1. The van der Waals surface area contributed by atoms with Gasteiger partial charge in [0, 0.05) is 19.0 Å². The van der Waals surface area contributed by atoms with Gasteiger partial charge in [0.25, 0.3) is 5.56 Å². The molecule has 0 atom stereocenters. The fourth-order valence-corrected chi connectivity index (χ4v) is 3.26. The number of nitrogens with one attached hydrogen (secondary N) is 1. The van der Waals surface area contributed by atoms with Gasteiger partial charge in [-0.3, -0.25) is 18.7 Å². The summed E-state index contributed by atoms with van der Waals surface area (Å²) in [6.45, 7) is 1.88. The maximum Gasteiger partial charge on any atom is 0.332 e. The van der Waals surface area contributed by atoms with Crippen molar-refractivity contribution in [3.63, 3.8) is 0 Å². The lowest BCUT2D eigenvalue weighted by molar-refractivity contribution is -0.116. The van der Waals surface area contributed by atoms with E-state index in [9.17, 15) is 19.5 Å². The number of aromatic nitrogens is 2. The zero-order chi connectivity index (χ0) is 23.3. The second kappa shape index (κ2) is 10.0. The third-order valence-electron chi connectivity index (χ3n) is 4.82. The molecule has 0 fully saturated rings. The molecule has 1 heterocycles. The normalized spacial score (nSPS) is 10.3. The Kier molecular flexibility index (Phi) is 7.18. The SMILES string of the molecule is Cc1ccc(CCC(=O)Nc2c(Cl)n(CC#Cc3cccc(O)c3)c(=O)n(C)c2=O)cc1. The highest BCUT2D eigenvalue weighted by molar-refractivity contribution is 6.32. The number of aromatic hydroxyl groups is 1. The molecule has 0 unspecified atom stereocenters. The third kappa shape index (κ3) is 5.48. The van der Waals surface area contributed by atoms with Crippen molar-refractivity contribution in [1.29, 1.82) is 0 Å². The molecule has 0 saturated heterocycles. The van der Waals surface area contributed by atoms with E-state index in [1.807, 2.05) is 31.2 Å². The molecule has 1 amide bonds. The molecule has 164 valence electrons. The van der Waals surface area contributed by atoms with Crippen LogP contribution in [0.5, 0.6) is 5.75 Å². The third-order valence-corrected chi connectivity index (χ3v) is 5.21. The Balaban J connectivity index is 1.80. The molecular weight excluding hydrogens is 430 g/mol. The molecule has 2 N–H and O–H groups in total. The standard InChI is InChI=1S/C24H22ClN3O4/c1-16-8-10-17(11-9-16)12-13-20(30)26-21-22(25)28(24(32)27(2)23(21)31)14-4-6-18-5-3-7-19(29)15-18/h3,5,7-11,15,29H,12-14H2,1-2H3,(H,26,30). The van der Waals surface area contributed by atoms with E-state index in [4.69, 9.17) is 11.6 Å². The first kappa shape index (κ1) is 22.9. The Morgan fingerprint density at radius 2 is 1.88 bits per heavy atom. The number of hydrogen-bond acceptors (Lipinski definition) is 4. The molecular formula is C24H22ClN3O4. The zero-order valence-corrected chi connectivity index (χ0v) is 18.4. The first-order chi connectivity index (χ1) is 15.3. The summed E-state index contributed by atoms with van der Waals surface area (Å²) in [4.78, 5) is 37.5. The van der Waals surface area contributed by atoms with Gasteiger partial charge in [0.15, 0.2) is 0 Å². The van der Waals surface area contributed by atoms with E-state index >= 15 is 0 Å². The lowest BCUT2D eigenvalue weighted by atomic mass is 10.1. The number of nitrogens with zero attached hydrogens (tertiary/aromatic N) is 2. The van der Waals surface area contributed by atoms with Crippen LogP contribution in [0.4, 0.5) is 5.69 Å². The van der Waals surface area contributed by atoms with Gasteiger partial charge >= 0.3 is 5.69 Å². The van der Waals surface area contributed by atoms with E-state index in [1.165, 1.54) is 19.2 Å². The topological polar surface area (TPSA) is 93.3 Å². The van der Waals surface area contributed by atoms with E-state index in [0.29, 0.717) is 12.0 Å². The number of benzene rings is 2. The average Bonchev–Trinajstić information content (AvgIpc) is 2.77. The smallest absolute Gasteiger partial charge is 0.332 e. The maximum atomic E-state index is 12.5. The summed E-state index contributed by atoms with van der Waals surface area (Å²) in [5.41, 5.74) is 1.18. The number of anilines is 1. The highest BCUT2D eigenvalue weighted by Gasteiger charge is 2.17. The fourth-order valence-electron chi connectivity index (χ4n) is 3.00. The molecule has 7 nitrogen and oxygen atoms in total. The number of phenolic OH excluding ortho intramolecular Hbond substituents is 1.